The Morgan fingerprint density at radius 1 is 1.23 bits per heavy atom. The normalized spacial score (nSPS) is 17.3. The zero-order valence-corrected chi connectivity index (χ0v) is 14.5. The van der Waals surface area contributed by atoms with Crippen molar-refractivity contribution in [2.24, 2.45) is 5.92 Å². The smallest absolute Gasteiger partial charge is 0.303 e. The summed E-state index contributed by atoms with van der Waals surface area (Å²) in [4.78, 5) is 25.1. The molecule has 1 unspecified atom stereocenters. The SMILES string of the molecule is O=C(O)CCC1CCCN(C(=O)Cc2ccn(-c3ccc(F)cc3)n2)C1. The number of carbonyl (C=O) groups excluding carboxylic acids is 1. The van der Waals surface area contributed by atoms with Crippen molar-refractivity contribution in [1.29, 1.82) is 0 Å². The van der Waals surface area contributed by atoms with Crippen molar-refractivity contribution >= 4 is 11.9 Å². The summed E-state index contributed by atoms with van der Waals surface area (Å²) in [5.41, 5.74) is 1.39. The molecular weight excluding hydrogens is 337 g/mol. The number of carbonyl (C=O) groups is 2. The largest absolute Gasteiger partial charge is 0.481 e. The number of hydrogen-bond acceptors (Lipinski definition) is 3. The van der Waals surface area contributed by atoms with Gasteiger partial charge >= 0.3 is 5.97 Å². The zero-order valence-electron chi connectivity index (χ0n) is 14.5. The van der Waals surface area contributed by atoms with Gasteiger partial charge in [-0.2, -0.15) is 5.10 Å². The first-order valence-corrected chi connectivity index (χ1v) is 8.81. The first kappa shape index (κ1) is 18.1. The third-order valence-corrected chi connectivity index (χ3v) is 4.71. The van der Waals surface area contributed by atoms with E-state index in [0.717, 1.165) is 18.5 Å². The molecule has 1 aromatic carbocycles. The molecular formula is C19H22FN3O3. The molecule has 1 atom stereocenters. The van der Waals surface area contributed by atoms with Crippen LogP contribution in [-0.2, 0) is 16.0 Å². The first-order valence-electron chi connectivity index (χ1n) is 8.81. The van der Waals surface area contributed by atoms with Crippen molar-refractivity contribution in [3.8, 4) is 5.69 Å². The molecule has 1 amide bonds. The van der Waals surface area contributed by atoms with Crippen molar-refractivity contribution < 1.29 is 19.1 Å². The Balaban J connectivity index is 1.57. The maximum Gasteiger partial charge on any atom is 0.303 e. The Labute approximate surface area is 151 Å². The minimum absolute atomic E-state index is 0.00869. The molecule has 0 spiro atoms. The number of benzene rings is 1. The van der Waals surface area contributed by atoms with Gasteiger partial charge in [0.25, 0.3) is 0 Å². The molecule has 1 aliphatic rings. The van der Waals surface area contributed by atoms with Gasteiger partial charge in [0.1, 0.15) is 5.82 Å². The number of hydrogen-bond donors (Lipinski definition) is 1. The van der Waals surface area contributed by atoms with E-state index in [2.05, 4.69) is 5.10 Å². The molecule has 0 aliphatic carbocycles. The van der Waals surface area contributed by atoms with Gasteiger partial charge in [-0.25, -0.2) is 9.07 Å². The Bertz CT molecular complexity index is 773. The Morgan fingerprint density at radius 3 is 2.73 bits per heavy atom. The summed E-state index contributed by atoms with van der Waals surface area (Å²) in [6.07, 6.45) is 4.59. The van der Waals surface area contributed by atoms with E-state index in [-0.39, 0.29) is 30.5 Å². The van der Waals surface area contributed by atoms with E-state index < -0.39 is 5.97 Å². The molecule has 2 heterocycles. The maximum absolute atomic E-state index is 13.0. The molecule has 1 aromatic heterocycles. The fourth-order valence-corrected chi connectivity index (χ4v) is 3.32. The highest BCUT2D eigenvalue weighted by atomic mass is 19.1. The number of piperidine rings is 1. The highest BCUT2D eigenvalue weighted by Gasteiger charge is 2.24. The lowest BCUT2D eigenvalue weighted by atomic mass is 9.93. The molecule has 26 heavy (non-hydrogen) atoms. The van der Waals surface area contributed by atoms with Crippen LogP contribution in [0.15, 0.2) is 36.5 Å². The summed E-state index contributed by atoms with van der Waals surface area (Å²) in [5.74, 6) is -0.839. The number of likely N-dealkylation sites (tertiary alicyclic amines) is 1. The lowest BCUT2D eigenvalue weighted by Crippen LogP contribution is -2.40. The summed E-state index contributed by atoms with van der Waals surface area (Å²) >= 11 is 0. The summed E-state index contributed by atoms with van der Waals surface area (Å²) in [7, 11) is 0. The third kappa shape index (κ3) is 4.68. The van der Waals surface area contributed by atoms with Crippen LogP contribution in [0.3, 0.4) is 0 Å². The number of carboxylic acids is 1. The summed E-state index contributed by atoms with van der Waals surface area (Å²) in [6, 6.07) is 7.78. The van der Waals surface area contributed by atoms with Crippen LogP contribution in [0.1, 0.15) is 31.4 Å². The molecule has 1 N–H and O–H groups in total. The lowest BCUT2D eigenvalue weighted by molar-refractivity contribution is -0.137. The standard InChI is InChI=1S/C19H22FN3O3/c20-15-4-6-17(7-5-15)23-11-9-16(21-23)12-18(24)22-10-1-2-14(13-22)3-8-19(25)26/h4-7,9,11,14H,1-3,8,10,12-13H2,(H,25,26). The van der Waals surface area contributed by atoms with Crippen molar-refractivity contribution in [1.82, 2.24) is 14.7 Å². The van der Waals surface area contributed by atoms with Crippen molar-refractivity contribution in [2.75, 3.05) is 13.1 Å². The number of halogens is 1. The Kier molecular flexibility index (Phi) is 5.65. The van der Waals surface area contributed by atoms with Crippen molar-refractivity contribution in [2.45, 2.75) is 32.1 Å². The van der Waals surface area contributed by atoms with Gasteiger partial charge < -0.3 is 10.0 Å². The van der Waals surface area contributed by atoms with Crippen LogP contribution in [0.4, 0.5) is 4.39 Å². The molecule has 1 fully saturated rings. The molecule has 6 nitrogen and oxygen atoms in total. The van der Waals surface area contributed by atoms with E-state index in [4.69, 9.17) is 5.11 Å². The molecule has 2 aromatic rings. The van der Waals surface area contributed by atoms with Crippen LogP contribution in [-0.4, -0.2) is 44.8 Å². The van der Waals surface area contributed by atoms with Gasteiger partial charge in [0, 0.05) is 25.7 Å². The van der Waals surface area contributed by atoms with E-state index in [9.17, 15) is 14.0 Å². The fraction of sp³-hybridized carbons (Fsp3) is 0.421. The van der Waals surface area contributed by atoms with Gasteiger partial charge in [0.05, 0.1) is 17.8 Å². The van der Waals surface area contributed by atoms with Gasteiger partial charge in [0.15, 0.2) is 0 Å². The molecule has 0 bridgehead atoms. The van der Waals surface area contributed by atoms with Gasteiger partial charge in [-0.05, 0) is 55.5 Å². The molecule has 138 valence electrons. The topological polar surface area (TPSA) is 75.4 Å². The first-order chi connectivity index (χ1) is 12.5. The zero-order chi connectivity index (χ0) is 18.5. The Hall–Kier alpha value is -2.70. The second-order valence-electron chi connectivity index (χ2n) is 6.69. The van der Waals surface area contributed by atoms with Gasteiger partial charge in [-0.15, -0.1) is 0 Å². The molecule has 0 radical (unpaired) electrons. The number of aliphatic carboxylic acids is 1. The Morgan fingerprint density at radius 2 is 2.00 bits per heavy atom. The van der Waals surface area contributed by atoms with Gasteiger partial charge in [-0.3, -0.25) is 9.59 Å². The van der Waals surface area contributed by atoms with Crippen LogP contribution in [0.2, 0.25) is 0 Å². The molecule has 7 heteroatoms. The van der Waals surface area contributed by atoms with E-state index in [1.165, 1.54) is 12.1 Å². The van der Waals surface area contributed by atoms with Crippen molar-refractivity contribution in [3.05, 3.63) is 48.0 Å². The van der Waals surface area contributed by atoms with Crippen molar-refractivity contribution in [3.63, 3.8) is 0 Å². The molecule has 1 aliphatic heterocycles. The second-order valence-corrected chi connectivity index (χ2v) is 6.69. The van der Waals surface area contributed by atoms with E-state index in [1.54, 1.807) is 29.1 Å². The highest BCUT2D eigenvalue weighted by Crippen LogP contribution is 2.21. The average molecular weight is 359 g/mol. The van der Waals surface area contributed by atoms with Gasteiger partial charge in [0.2, 0.25) is 5.91 Å². The quantitative estimate of drug-likeness (QED) is 0.860. The number of aromatic nitrogens is 2. The third-order valence-electron chi connectivity index (χ3n) is 4.71. The summed E-state index contributed by atoms with van der Waals surface area (Å²) < 4.78 is 14.6. The predicted octanol–water partition coefficient (Wildman–Crippen LogP) is 2.66. The van der Waals surface area contributed by atoms with Crippen LogP contribution in [0.25, 0.3) is 5.69 Å². The fourth-order valence-electron chi connectivity index (χ4n) is 3.32. The lowest BCUT2D eigenvalue weighted by Gasteiger charge is -2.32. The maximum atomic E-state index is 13.0. The number of amides is 1. The number of carboxylic acid groups (broad SMARTS) is 1. The molecule has 1 saturated heterocycles. The number of nitrogens with zero attached hydrogens (tertiary/aromatic N) is 3. The summed E-state index contributed by atoms with van der Waals surface area (Å²) in [5, 5.41) is 13.2. The average Bonchev–Trinajstić information content (AvgIpc) is 3.09. The van der Waals surface area contributed by atoms with E-state index in [0.29, 0.717) is 25.2 Å². The summed E-state index contributed by atoms with van der Waals surface area (Å²) in [6.45, 7) is 1.33. The van der Waals surface area contributed by atoms with Crippen LogP contribution in [0, 0.1) is 11.7 Å². The second kappa shape index (κ2) is 8.12. The molecule has 0 saturated carbocycles. The minimum atomic E-state index is -0.792. The minimum Gasteiger partial charge on any atom is -0.481 e. The van der Waals surface area contributed by atoms with Crippen LogP contribution < -0.4 is 0 Å². The number of rotatable bonds is 6. The van der Waals surface area contributed by atoms with Crippen LogP contribution in [0.5, 0.6) is 0 Å². The highest BCUT2D eigenvalue weighted by molar-refractivity contribution is 5.78. The van der Waals surface area contributed by atoms with E-state index >= 15 is 0 Å². The molecule has 3 rings (SSSR count). The monoisotopic (exact) mass is 359 g/mol. The van der Waals surface area contributed by atoms with Crippen LogP contribution >= 0.6 is 0 Å². The predicted molar refractivity (Wildman–Crippen MR) is 93.4 cm³/mol. The van der Waals surface area contributed by atoms with E-state index in [1.807, 2.05) is 4.90 Å². The van der Waals surface area contributed by atoms with Gasteiger partial charge in [-0.1, -0.05) is 0 Å².